The zero-order valence-electron chi connectivity index (χ0n) is 15.8. The Balaban J connectivity index is 1.72. The average Bonchev–Trinajstić information content (AvgIpc) is 2.72. The Kier molecular flexibility index (Phi) is 6.28. The Morgan fingerprint density at radius 1 is 1.17 bits per heavy atom. The van der Waals surface area contributed by atoms with E-state index in [9.17, 15) is 17.6 Å². The fourth-order valence-electron chi connectivity index (χ4n) is 2.56. The van der Waals surface area contributed by atoms with Crippen LogP contribution in [-0.4, -0.2) is 26.5 Å². The summed E-state index contributed by atoms with van der Waals surface area (Å²) < 4.78 is 46.5. The number of hydrogen-bond donors (Lipinski definition) is 2. The molecule has 0 aliphatic rings. The molecule has 30 heavy (non-hydrogen) atoms. The van der Waals surface area contributed by atoms with E-state index in [4.69, 9.17) is 14.6 Å². The van der Waals surface area contributed by atoms with Gasteiger partial charge in [0.15, 0.2) is 0 Å². The predicted octanol–water partition coefficient (Wildman–Crippen LogP) is 3.06. The normalized spacial score (nSPS) is 11.0. The number of aromatic nitrogens is 1. The third-order valence-corrected chi connectivity index (χ3v) is 4.93. The number of nitrogens with one attached hydrogen (secondary N) is 1. The van der Waals surface area contributed by atoms with E-state index in [0.29, 0.717) is 11.4 Å². The lowest BCUT2D eigenvalue weighted by molar-refractivity contribution is 0.0601. The minimum atomic E-state index is -3.97. The molecule has 0 bridgehead atoms. The molecule has 3 aromatic rings. The van der Waals surface area contributed by atoms with E-state index >= 15 is 0 Å². The van der Waals surface area contributed by atoms with Crippen molar-refractivity contribution < 1.29 is 27.1 Å². The van der Waals surface area contributed by atoms with Crippen LogP contribution in [0.15, 0.2) is 65.7 Å². The maximum absolute atomic E-state index is 13.2. The van der Waals surface area contributed by atoms with Crippen molar-refractivity contribution in [3.05, 3.63) is 77.7 Å². The summed E-state index contributed by atoms with van der Waals surface area (Å²) in [5.74, 6) is -0.508. The molecule has 3 rings (SSSR count). The Hall–Kier alpha value is -3.50. The topological polar surface area (TPSA) is 121 Å². The molecule has 0 radical (unpaired) electrons. The average molecular weight is 431 g/mol. The van der Waals surface area contributed by atoms with Gasteiger partial charge in [-0.25, -0.2) is 27.7 Å². The van der Waals surface area contributed by atoms with E-state index in [1.54, 1.807) is 24.4 Å². The second-order valence-electron chi connectivity index (χ2n) is 6.16. The zero-order valence-corrected chi connectivity index (χ0v) is 16.6. The monoisotopic (exact) mass is 431 g/mol. The summed E-state index contributed by atoms with van der Waals surface area (Å²) in [5, 5.41) is 8.15. The third kappa shape index (κ3) is 5.31. The van der Waals surface area contributed by atoms with Gasteiger partial charge >= 0.3 is 5.97 Å². The molecule has 0 amide bonds. The van der Waals surface area contributed by atoms with Crippen molar-refractivity contribution in [2.24, 2.45) is 5.14 Å². The summed E-state index contributed by atoms with van der Waals surface area (Å²) in [5.41, 5.74) is 1.16. The summed E-state index contributed by atoms with van der Waals surface area (Å²) in [4.78, 5) is 16.0. The number of primary sulfonamides is 1. The number of methoxy groups -OCH3 is 1. The number of nitrogens with two attached hydrogens (primary N) is 1. The molecule has 2 aromatic carbocycles. The van der Waals surface area contributed by atoms with Gasteiger partial charge in [-0.3, -0.25) is 0 Å². The van der Waals surface area contributed by atoms with Gasteiger partial charge in [0.1, 0.15) is 11.6 Å². The second kappa shape index (κ2) is 8.89. The van der Waals surface area contributed by atoms with E-state index in [0.717, 1.165) is 11.6 Å². The largest absolute Gasteiger partial charge is 0.465 e. The Morgan fingerprint density at radius 2 is 1.97 bits per heavy atom. The van der Waals surface area contributed by atoms with Crippen molar-refractivity contribution in [1.82, 2.24) is 4.98 Å². The van der Waals surface area contributed by atoms with Crippen molar-refractivity contribution >= 4 is 21.7 Å². The van der Waals surface area contributed by atoms with Crippen molar-refractivity contribution in [2.45, 2.75) is 11.4 Å². The van der Waals surface area contributed by atoms with Crippen molar-refractivity contribution in [3.8, 4) is 11.6 Å². The molecule has 0 aliphatic carbocycles. The van der Waals surface area contributed by atoms with Gasteiger partial charge in [0.25, 0.3) is 0 Å². The van der Waals surface area contributed by atoms with Gasteiger partial charge in [-0.05, 0) is 35.9 Å². The number of halogens is 1. The first-order chi connectivity index (χ1) is 14.3. The molecule has 1 aromatic heterocycles. The zero-order chi connectivity index (χ0) is 21.7. The number of carbonyl (C=O) groups is 1. The number of pyridine rings is 1. The van der Waals surface area contributed by atoms with Crippen LogP contribution in [0.2, 0.25) is 0 Å². The van der Waals surface area contributed by atoms with E-state index in [-0.39, 0.29) is 22.9 Å². The molecule has 1 heterocycles. The number of sulfonamides is 1. The van der Waals surface area contributed by atoms with E-state index < -0.39 is 21.8 Å². The molecule has 156 valence electrons. The lowest BCUT2D eigenvalue weighted by Crippen LogP contribution is -2.15. The molecule has 0 aliphatic heterocycles. The van der Waals surface area contributed by atoms with Crippen LogP contribution >= 0.6 is 0 Å². The first-order valence-corrected chi connectivity index (χ1v) is 10.2. The number of esters is 1. The first kappa shape index (κ1) is 21.2. The highest BCUT2D eigenvalue weighted by molar-refractivity contribution is 7.89. The Labute approximate surface area is 172 Å². The van der Waals surface area contributed by atoms with Gasteiger partial charge in [-0.15, -0.1) is 0 Å². The van der Waals surface area contributed by atoms with Crippen LogP contribution < -0.4 is 15.2 Å². The number of nitrogens with zero attached hydrogens (tertiary/aromatic N) is 1. The van der Waals surface area contributed by atoms with Gasteiger partial charge in [-0.2, -0.15) is 0 Å². The highest BCUT2D eigenvalue weighted by Crippen LogP contribution is 2.23. The molecule has 10 heteroatoms. The van der Waals surface area contributed by atoms with Gasteiger partial charge in [0.05, 0.1) is 17.6 Å². The number of benzene rings is 2. The summed E-state index contributed by atoms with van der Waals surface area (Å²) in [6.07, 6.45) is 1.55. The Bertz CT molecular complexity index is 1170. The highest BCUT2D eigenvalue weighted by atomic mass is 32.2. The molecular weight excluding hydrogens is 413 g/mol. The predicted molar refractivity (Wildman–Crippen MR) is 107 cm³/mol. The van der Waals surface area contributed by atoms with E-state index in [2.05, 4.69) is 10.3 Å². The van der Waals surface area contributed by atoms with Gasteiger partial charge in [0, 0.05) is 30.6 Å². The van der Waals surface area contributed by atoms with Gasteiger partial charge in [-0.1, -0.05) is 12.1 Å². The molecule has 8 nitrogen and oxygen atoms in total. The molecule has 0 fully saturated rings. The maximum atomic E-state index is 13.2. The van der Waals surface area contributed by atoms with Crippen LogP contribution in [-0.2, 0) is 21.3 Å². The Morgan fingerprint density at radius 3 is 2.60 bits per heavy atom. The summed E-state index contributed by atoms with van der Waals surface area (Å²) >= 11 is 0. The fourth-order valence-corrected chi connectivity index (χ4v) is 3.10. The molecule has 0 saturated carbocycles. The second-order valence-corrected chi connectivity index (χ2v) is 7.72. The SMILES string of the molecule is COC(=O)c1cc(S(N)(=O)=O)ccc1NCc1ccc(Oc2cccc(F)c2)nc1. The number of anilines is 1. The molecular formula is C20H18FN3O5S. The number of rotatable bonds is 7. The molecule has 0 atom stereocenters. The summed E-state index contributed by atoms with van der Waals surface area (Å²) in [6.45, 7) is 0.284. The number of carbonyl (C=O) groups excluding carboxylic acids is 1. The summed E-state index contributed by atoms with van der Waals surface area (Å²) in [6, 6.07) is 12.9. The standard InChI is InChI=1S/C20H18FN3O5S/c1-28-20(25)17-10-16(30(22,26)27)6-7-18(17)23-11-13-5-8-19(24-12-13)29-15-4-2-3-14(21)9-15/h2-10,12,23H,11H2,1H3,(H2,22,26,27). The summed E-state index contributed by atoms with van der Waals surface area (Å²) in [7, 11) is -2.78. The molecule has 0 unspecified atom stereocenters. The van der Waals surface area contributed by atoms with Crippen molar-refractivity contribution in [3.63, 3.8) is 0 Å². The van der Waals surface area contributed by atoms with Gasteiger partial charge < -0.3 is 14.8 Å². The van der Waals surface area contributed by atoms with E-state index in [1.807, 2.05) is 0 Å². The van der Waals surface area contributed by atoms with Crippen molar-refractivity contribution in [2.75, 3.05) is 12.4 Å². The quantitative estimate of drug-likeness (QED) is 0.552. The van der Waals surface area contributed by atoms with Crippen LogP contribution in [0.4, 0.5) is 10.1 Å². The third-order valence-electron chi connectivity index (χ3n) is 4.02. The van der Waals surface area contributed by atoms with Crippen LogP contribution in [0.25, 0.3) is 0 Å². The van der Waals surface area contributed by atoms with E-state index in [1.165, 1.54) is 37.4 Å². The molecule has 3 N–H and O–H groups in total. The van der Waals surface area contributed by atoms with Crippen LogP contribution in [0.5, 0.6) is 11.6 Å². The minimum Gasteiger partial charge on any atom is -0.465 e. The minimum absolute atomic E-state index is 0.0306. The lowest BCUT2D eigenvalue weighted by atomic mass is 10.1. The molecule has 0 spiro atoms. The maximum Gasteiger partial charge on any atom is 0.340 e. The van der Waals surface area contributed by atoms with Crippen LogP contribution in [0, 0.1) is 5.82 Å². The fraction of sp³-hybridized carbons (Fsp3) is 0.100. The first-order valence-electron chi connectivity index (χ1n) is 8.63. The van der Waals surface area contributed by atoms with Crippen molar-refractivity contribution in [1.29, 1.82) is 0 Å². The van der Waals surface area contributed by atoms with Crippen LogP contribution in [0.3, 0.4) is 0 Å². The smallest absolute Gasteiger partial charge is 0.340 e. The lowest BCUT2D eigenvalue weighted by Gasteiger charge is -2.12. The number of ether oxygens (including phenoxy) is 2. The number of hydrogen-bond acceptors (Lipinski definition) is 7. The highest BCUT2D eigenvalue weighted by Gasteiger charge is 2.17. The van der Waals surface area contributed by atoms with Crippen LogP contribution in [0.1, 0.15) is 15.9 Å². The molecule has 0 saturated heterocycles. The van der Waals surface area contributed by atoms with Gasteiger partial charge in [0.2, 0.25) is 15.9 Å².